The van der Waals surface area contributed by atoms with Gasteiger partial charge in [0.25, 0.3) is 0 Å². The highest BCUT2D eigenvalue weighted by Gasteiger charge is 2.02. The molecule has 0 aromatic heterocycles. The maximum Gasteiger partial charge on any atom is 0.220 e. The van der Waals surface area contributed by atoms with Gasteiger partial charge in [-0.05, 0) is 5.56 Å². The normalized spacial score (nSPS) is 12.9. The van der Waals surface area contributed by atoms with Crippen LogP contribution in [0.5, 0.6) is 0 Å². The molecule has 0 saturated carbocycles. The lowest BCUT2D eigenvalue weighted by Gasteiger charge is -2.00. The van der Waals surface area contributed by atoms with Crippen molar-refractivity contribution < 1.29 is 9.90 Å². The lowest BCUT2D eigenvalue weighted by atomic mass is 10.1. The van der Waals surface area contributed by atoms with Gasteiger partial charge in [0.2, 0.25) is 5.91 Å². The molecule has 14 heavy (non-hydrogen) atoms. The summed E-state index contributed by atoms with van der Waals surface area (Å²) in [4.78, 5) is 10.4. The van der Waals surface area contributed by atoms with Gasteiger partial charge in [0.15, 0.2) is 0 Å². The van der Waals surface area contributed by atoms with Crippen LogP contribution in [0.3, 0.4) is 0 Å². The molecule has 1 aromatic carbocycles. The number of hydrogen-bond acceptors (Lipinski definition) is 2. The second-order valence-corrected chi connectivity index (χ2v) is 3.01. The second-order valence-electron chi connectivity index (χ2n) is 3.01. The van der Waals surface area contributed by atoms with Gasteiger partial charge in [-0.3, -0.25) is 4.79 Å². The van der Waals surface area contributed by atoms with E-state index in [1.54, 1.807) is 12.2 Å². The van der Waals surface area contributed by atoms with Gasteiger partial charge in [-0.25, -0.2) is 0 Å². The number of benzene rings is 1. The number of hydrogen-bond donors (Lipinski definition) is 2. The van der Waals surface area contributed by atoms with Crippen LogP contribution in [0, 0.1) is 0 Å². The first-order chi connectivity index (χ1) is 6.68. The van der Waals surface area contributed by atoms with Gasteiger partial charge in [0.05, 0.1) is 12.5 Å². The number of nitrogens with two attached hydrogens (primary N) is 1. The SMILES string of the molecule is NC(=O)CC(O)/C=C/c1ccccc1. The van der Waals surface area contributed by atoms with E-state index in [-0.39, 0.29) is 6.42 Å². The molecule has 74 valence electrons. The fraction of sp³-hybridized carbons (Fsp3) is 0.182. The molecular weight excluding hydrogens is 178 g/mol. The molecular formula is C11H13NO2. The highest BCUT2D eigenvalue weighted by atomic mass is 16.3. The average molecular weight is 191 g/mol. The Morgan fingerprint density at radius 3 is 2.64 bits per heavy atom. The van der Waals surface area contributed by atoms with E-state index >= 15 is 0 Å². The zero-order valence-corrected chi connectivity index (χ0v) is 7.76. The predicted molar refractivity (Wildman–Crippen MR) is 55.3 cm³/mol. The quantitative estimate of drug-likeness (QED) is 0.743. The Morgan fingerprint density at radius 1 is 1.43 bits per heavy atom. The summed E-state index contributed by atoms with van der Waals surface area (Å²) in [6.07, 6.45) is 2.48. The van der Waals surface area contributed by atoms with Crippen molar-refractivity contribution >= 4 is 12.0 Å². The van der Waals surface area contributed by atoms with Crippen LogP contribution in [0.1, 0.15) is 12.0 Å². The highest BCUT2D eigenvalue weighted by Crippen LogP contribution is 2.03. The number of amides is 1. The van der Waals surface area contributed by atoms with Crippen molar-refractivity contribution in [1.82, 2.24) is 0 Å². The summed E-state index contributed by atoms with van der Waals surface area (Å²) >= 11 is 0. The minimum absolute atomic E-state index is 0.0384. The first-order valence-corrected chi connectivity index (χ1v) is 4.38. The molecule has 0 spiro atoms. The molecule has 0 aliphatic rings. The molecule has 0 saturated heterocycles. The molecule has 1 unspecified atom stereocenters. The first kappa shape index (κ1) is 10.5. The number of carbonyl (C=O) groups is 1. The molecule has 3 heteroatoms. The zero-order valence-electron chi connectivity index (χ0n) is 7.76. The van der Waals surface area contributed by atoms with Crippen LogP contribution < -0.4 is 5.73 Å². The van der Waals surface area contributed by atoms with E-state index in [2.05, 4.69) is 0 Å². The van der Waals surface area contributed by atoms with Crippen molar-refractivity contribution in [2.45, 2.75) is 12.5 Å². The van der Waals surface area contributed by atoms with Crippen molar-refractivity contribution in [2.24, 2.45) is 5.73 Å². The Bertz CT molecular complexity index is 319. The summed E-state index contributed by atoms with van der Waals surface area (Å²) < 4.78 is 0. The molecule has 0 bridgehead atoms. The predicted octanol–water partition coefficient (Wildman–Crippen LogP) is 0.936. The topological polar surface area (TPSA) is 63.3 Å². The minimum Gasteiger partial charge on any atom is -0.388 e. The van der Waals surface area contributed by atoms with Gasteiger partial charge in [-0.1, -0.05) is 42.5 Å². The molecule has 0 aliphatic carbocycles. The van der Waals surface area contributed by atoms with Crippen molar-refractivity contribution in [1.29, 1.82) is 0 Å². The maximum absolute atomic E-state index is 10.4. The fourth-order valence-corrected chi connectivity index (χ4v) is 1.06. The van der Waals surface area contributed by atoms with E-state index in [4.69, 9.17) is 5.73 Å². The fourth-order valence-electron chi connectivity index (χ4n) is 1.06. The van der Waals surface area contributed by atoms with E-state index in [9.17, 15) is 9.90 Å². The second kappa shape index (κ2) is 5.19. The van der Waals surface area contributed by atoms with Gasteiger partial charge in [-0.15, -0.1) is 0 Å². The van der Waals surface area contributed by atoms with Crippen molar-refractivity contribution in [3.05, 3.63) is 42.0 Å². The van der Waals surface area contributed by atoms with Gasteiger partial charge in [-0.2, -0.15) is 0 Å². The van der Waals surface area contributed by atoms with Gasteiger partial charge in [0, 0.05) is 0 Å². The number of aliphatic hydroxyl groups excluding tert-OH is 1. The van der Waals surface area contributed by atoms with Crippen LogP contribution in [0.4, 0.5) is 0 Å². The Labute approximate surface area is 82.9 Å². The third-order valence-electron chi connectivity index (χ3n) is 1.72. The standard InChI is InChI=1S/C11H13NO2/c12-11(14)8-10(13)7-6-9-4-2-1-3-5-9/h1-7,10,13H,8H2,(H2,12,14)/b7-6+. The summed E-state index contributed by atoms with van der Waals surface area (Å²) in [6.45, 7) is 0. The van der Waals surface area contributed by atoms with Crippen LogP contribution in [0.25, 0.3) is 6.08 Å². The molecule has 3 N–H and O–H groups in total. The summed E-state index contributed by atoms with van der Waals surface area (Å²) in [5, 5.41) is 9.29. The minimum atomic E-state index is -0.798. The third kappa shape index (κ3) is 3.87. The Morgan fingerprint density at radius 2 is 2.07 bits per heavy atom. The largest absolute Gasteiger partial charge is 0.388 e. The van der Waals surface area contributed by atoms with Gasteiger partial charge in [0.1, 0.15) is 0 Å². The van der Waals surface area contributed by atoms with Crippen LogP contribution >= 0.6 is 0 Å². The molecule has 0 heterocycles. The molecule has 0 fully saturated rings. The van der Waals surface area contributed by atoms with E-state index < -0.39 is 12.0 Å². The molecule has 3 nitrogen and oxygen atoms in total. The Balaban J connectivity index is 2.52. The monoisotopic (exact) mass is 191 g/mol. The van der Waals surface area contributed by atoms with E-state index in [0.717, 1.165) is 5.56 Å². The van der Waals surface area contributed by atoms with Crippen LogP contribution in [0.15, 0.2) is 36.4 Å². The van der Waals surface area contributed by atoms with Crippen LogP contribution in [-0.4, -0.2) is 17.1 Å². The summed E-state index contributed by atoms with van der Waals surface area (Å²) in [7, 11) is 0. The van der Waals surface area contributed by atoms with Crippen LogP contribution in [-0.2, 0) is 4.79 Å². The summed E-state index contributed by atoms with van der Waals surface area (Å²) in [6, 6.07) is 9.54. The van der Waals surface area contributed by atoms with Crippen molar-refractivity contribution in [3.8, 4) is 0 Å². The van der Waals surface area contributed by atoms with Gasteiger partial charge >= 0.3 is 0 Å². The molecule has 1 atom stereocenters. The van der Waals surface area contributed by atoms with Crippen molar-refractivity contribution in [2.75, 3.05) is 0 Å². The lowest BCUT2D eigenvalue weighted by Crippen LogP contribution is -2.17. The van der Waals surface area contributed by atoms with E-state index in [1.165, 1.54) is 0 Å². The summed E-state index contributed by atoms with van der Waals surface area (Å²) in [5.41, 5.74) is 5.91. The maximum atomic E-state index is 10.4. The van der Waals surface area contributed by atoms with Crippen molar-refractivity contribution in [3.63, 3.8) is 0 Å². The Kier molecular flexibility index (Phi) is 3.88. The molecule has 1 rings (SSSR count). The molecule has 0 aliphatic heterocycles. The van der Waals surface area contributed by atoms with Crippen LogP contribution in [0.2, 0.25) is 0 Å². The number of carbonyl (C=O) groups excluding carboxylic acids is 1. The third-order valence-corrected chi connectivity index (χ3v) is 1.72. The zero-order chi connectivity index (χ0) is 10.4. The number of aliphatic hydroxyl groups is 1. The summed E-state index contributed by atoms with van der Waals surface area (Å²) in [5.74, 6) is -0.504. The van der Waals surface area contributed by atoms with Gasteiger partial charge < -0.3 is 10.8 Å². The molecule has 1 amide bonds. The first-order valence-electron chi connectivity index (χ1n) is 4.38. The lowest BCUT2D eigenvalue weighted by molar-refractivity contribution is -0.119. The Hall–Kier alpha value is -1.61. The van der Waals surface area contributed by atoms with E-state index in [0.29, 0.717) is 0 Å². The number of primary amides is 1. The average Bonchev–Trinajstić information content (AvgIpc) is 2.15. The van der Waals surface area contributed by atoms with E-state index in [1.807, 2.05) is 30.3 Å². The molecule has 1 aromatic rings. The highest BCUT2D eigenvalue weighted by molar-refractivity contribution is 5.74. The number of rotatable bonds is 4. The smallest absolute Gasteiger partial charge is 0.220 e. The molecule has 0 radical (unpaired) electrons.